The zero-order valence-electron chi connectivity index (χ0n) is 9.36. The molecular weight excluding hydrogens is 204 g/mol. The van der Waals surface area contributed by atoms with Crippen LogP contribution in [0, 0.1) is 6.92 Å². The molecule has 2 N–H and O–H groups in total. The minimum atomic E-state index is 0.355. The molecule has 2 aromatic rings. The summed E-state index contributed by atoms with van der Waals surface area (Å²) in [5, 5.41) is 4.03. The van der Waals surface area contributed by atoms with Crippen molar-refractivity contribution in [1.29, 1.82) is 0 Å². The Labute approximate surface area is 94.0 Å². The van der Waals surface area contributed by atoms with E-state index in [-0.39, 0.29) is 0 Å². The molecule has 0 aliphatic rings. The smallest absolute Gasteiger partial charge is 0.153 e. The molecule has 2 rings (SSSR count). The molecule has 0 saturated heterocycles. The van der Waals surface area contributed by atoms with Crippen molar-refractivity contribution in [2.75, 3.05) is 7.11 Å². The van der Waals surface area contributed by atoms with Crippen molar-refractivity contribution in [3.63, 3.8) is 0 Å². The summed E-state index contributed by atoms with van der Waals surface area (Å²) in [5.74, 6) is 1.49. The Morgan fingerprint density at radius 2 is 2.12 bits per heavy atom. The quantitative estimate of drug-likeness (QED) is 0.857. The zero-order valence-corrected chi connectivity index (χ0v) is 9.36. The van der Waals surface area contributed by atoms with Crippen LogP contribution in [0.4, 0.5) is 0 Å². The summed E-state index contributed by atoms with van der Waals surface area (Å²) in [5.41, 5.74) is 8.22. The minimum Gasteiger partial charge on any atom is -0.496 e. The van der Waals surface area contributed by atoms with Crippen LogP contribution in [0.1, 0.15) is 11.3 Å². The first-order valence-corrected chi connectivity index (χ1v) is 5.06. The van der Waals surface area contributed by atoms with Gasteiger partial charge in [0.1, 0.15) is 11.4 Å². The van der Waals surface area contributed by atoms with Crippen molar-refractivity contribution in [2.45, 2.75) is 13.5 Å². The van der Waals surface area contributed by atoms with Gasteiger partial charge in [0.05, 0.1) is 13.7 Å². The van der Waals surface area contributed by atoms with E-state index in [1.54, 1.807) is 7.11 Å². The van der Waals surface area contributed by atoms with Gasteiger partial charge in [-0.25, -0.2) is 0 Å². The van der Waals surface area contributed by atoms with Crippen molar-refractivity contribution in [3.8, 4) is 17.0 Å². The number of aromatic nitrogens is 1. The molecule has 84 valence electrons. The number of rotatable bonds is 3. The van der Waals surface area contributed by atoms with Crippen LogP contribution in [0.5, 0.6) is 5.75 Å². The van der Waals surface area contributed by atoms with E-state index in [0.29, 0.717) is 12.3 Å². The van der Waals surface area contributed by atoms with Gasteiger partial charge in [-0.2, -0.15) is 0 Å². The molecule has 1 heterocycles. The number of para-hydroxylation sites is 1. The van der Waals surface area contributed by atoms with Crippen molar-refractivity contribution in [3.05, 3.63) is 35.6 Å². The molecule has 16 heavy (non-hydrogen) atoms. The van der Waals surface area contributed by atoms with Crippen LogP contribution in [0.25, 0.3) is 11.3 Å². The van der Waals surface area contributed by atoms with E-state index in [4.69, 9.17) is 15.0 Å². The van der Waals surface area contributed by atoms with Crippen LogP contribution in [-0.4, -0.2) is 12.3 Å². The SMILES string of the molecule is COc1ccccc1-c1noc(CN)c1C. The van der Waals surface area contributed by atoms with Crippen LogP contribution in [0.2, 0.25) is 0 Å². The normalized spacial score (nSPS) is 10.4. The van der Waals surface area contributed by atoms with Crippen LogP contribution >= 0.6 is 0 Å². The molecule has 4 heteroatoms. The summed E-state index contributed by atoms with van der Waals surface area (Å²) < 4.78 is 10.5. The number of nitrogens with two attached hydrogens (primary N) is 1. The average molecular weight is 218 g/mol. The lowest BCUT2D eigenvalue weighted by molar-refractivity contribution is 0.384. The van der Waals surface area contributed by atoms with Gasteiger partial charge < -0.3 is 15.0 Å². The number of hydrogen-bond donors (Lipinski definition) is 1. The average Bonchev–Trinajstić information content (AvgIpc) is 2.70. The van der Waals surface area contributed by atoms with Gasteiger partial charge in [0.25, 0.3) is 0 Å². The number of hydrogen-bond acceptors (Lipinski definition) is 4. The monoisotopic (exact) mass is 218 g/mol. The van der Waals surface area contributed by atoms with Gasteiger partial charge in [0.15, 0.2) is 5.76 Å². The number of benzene rings is 1. The minimum absolute atomic E-state index is 0.355. The van der Waals surface area contributed by atoms with Crippen molar-refractivity contribution in [2.24, 2.45) is 5.73 Å². The first-order chi connectivity index (χ1) is 7.77. The molecule has 0 saturated carbocycles. The van der Waals surface area contributed by atoms with Gasteiger partial charge in [0, 0.05) is 11.1 Å². The Hall–Kier alpha value is -1.81. The van der Waals surface area contributed by atoms with Crippen molar-refractivity contribution < 1.29 is 9.26 Å². The van der Waals surface area contributed by atoms with Crippen molar-refractivity contribution in [1.82, 2.24) is 5.16 Å². The Morgan fingerprint density at radius 3 is 2.75 bits per heavy atom. The molecular formula is C12H14N2O2. The second kappa shape index (κ2) is 4.37. The van der Waals surface area contributed by atoms with Gasteiger partial charge in [-0.15, -0.1) is 0 Å². The fourth-order valence-electron chi connectivity index (χ4n) is 1.65. The standard InChI is InChI=1S/C12H14N2O2/c1-8-11(7-13)16-14-12(8)9-5-3-4-6-10(9)15-2/h3-6H,7,13H2,1-2H3. The predicted octanol–water partition coefficient (Wildman–Crippen LogP) is 2.12. The van der Waals surface area contributed by atoms with E-state index in [0.717, 1.165) is 22.6 Å². The fourth-order valence-corrected chi connectivity index (χ4v) is 1.65. The molecule has 0 aliphatic heterocycles. The Morgan fingerprint density at radius 1 is 1.38 bits per heavy atom. The maximum Gasteiger partial charge on any atom is 0.153 e. The zero-order chi connectivity index (χ0) is 11.5. The van der Waals surface area contributed by atoms with E-state index in [1.807, 2.05) is 31.2 Å². The largest absolute Gasteiger partial charge is 0.496 e. The third-order valence-electron chi connectivity index (χ3n) is 2.57. The van der Waals surface area contributed by atoms with Gasteiger partial charge in [0.2, 0.25) is 0 Å². The van der Waals surface area contributed by atoms with E-state index >= 15 is 0 Å². The second-order valence-electron chi connectivity index (χ2n) is 3.48. The molecule has 0 atom stereocenters. The number of ether oxygens (including phenoxy) is 1. The van der Waals surface area contributed by atoms with Crippen LogP contribution in [0.15, 0.2) is 28.8 Å². The highest BCUT2D eigenvalue weighted by molar-refractivity contribution is 5.69. The lowest BCUT2D eigenvalue weighted by Crippen LogP contribution is -1.96. The van der Waals surface area contributed by atoms with Crippen LogP contribution in [-0.2, 0) is 6.54 Å². The Bertz CT molecular complexity index is 492. The fraction of sp³-hybridized carbons (Fsp3) is 0.250. The molecule has 1 aromatic heterocycles. The molecule has 1 aromatic carbocycles. The Kier molecular flexibility index (Phi) is 2.92. The highest BCUT2D eigenvalue weighted by Crippen LogP contribution is 2.31. The third-order valence-corrected chi connectivity index (χ3v) is 2.57. The summed E-state index contributed by atoms with van der Waals surface area (Å²) in [6.07, 6.45) is 0. The summed E-state index contributed by atoms with van der Waals surface area (Å²) in [6, 6.07) is 7.70. The predicted molar refractivity (Wildman–Crippen MR) is 61.1 cm³/mol. The summed E-state index contributed by atoms with van der Waals surface area (Å²) >= 11 is 0. The lowest BCUT2D eigenvalue weighted by atomic mass is 10.1. The summed E-state index contributed by atoms with van der Waals surface area (Å²) in [7, 11) is 1.64. The van der Waals surface area contributed by atoms with Gasteiger partial charge >= 0.3 is 0 Å². The molecule has 0 unspecified atom stereocenters. The van der Waals surface area contributed by atoms with Gasteiger partial charge in [-0.1, -0.05) is 17.3 Å². The van der Waals surface area contributed by atoms with E-state index in [2.05, 4.69) is 5.16 Å². The topological polar surface area (TPSA) is 61.3 Å². The molecule has 0 fully saturated rings. The molecule has 4 nitrogen and oxygen atoms in total. The Balaban J connectivity index is 2.54. The highest BCUT2D eigenvalue weighted by atomic mass is 16.5. The third kappa shape index (κ3) is 1.67. The summed E-state index contributed by atoms with van der Waals surface area (Å²) in [4.78, 5) is 0. The molecule has 0 aliphatic carbocycles. The summed E-state index contributed by atoms with van der Waals surface area (Å²) in [6.45, 7) is 2.30. The maximum atomic E-state index is 5.55. The second-order valence-corrected chi connectivity index (χ2v) is 3.48. The van der Waals surface area contributed by atoms with Crippen LogP contribution < -0.4 is 10.5 Å². The lowest BCUT2D eigenvalue weighted by Gasteiger charge is -2.05. The van der Waals surface area contributed by atoms with E-state index in [9.17, 15) is 0 Å². The molecule has 0 bridgehead atoms. The molecule has 0 radical (unpaired) electrons. The first-order valence-electron chi connectivity index (χ1n) is 5.06. The van der Waals surface area contributed by atoms with Crippen LogP contribution in [0.3, 0.4) is 0 Å². The van der Waals surface area contributed by atoms with Crippen molar-refractivity contribution >= 4 is 0 Å². The van der Waals surface area contributed by atoms with Gasteiger partial charge in [-0.3, -0.25) is 0 Å². The number of nitrogens with zero attached hydrogens (tertiary/aromatic N) is 1. The maximum absolute atomic E-state index is 5.55. The molecule has 0 spiro atoms. The van der Waals surface area contributed by atoms with E-state index < -0.39 is 0 Å². The first kappa shape index (κ1) is 10.7. The number of methoxy groups -OCH3 is 1. The van der Waals surface area contributed by atoms with Gasteiger partial charge in [-0.05, 0) is 19.1 Å². The highest BCUT2D eigenvalue weighted by Gasteiger charge is 2.15. The van der Waals surface area contributed by atoms with E-state index in [1.165, 1.54) is 0 Å². The molecule has 0 amide bonds.